The van der Waals surface area contributed by atoms with Gasteiger partial charge in [-0.2, -0.15) is 0 Å². The molecule has 0 radical (unpaired) electrons. The Morgan fingerprint density at radius 3 is 2.55 bits per heavy atom. The van der Waals surface area contributed by atoms with Crippen molar-refractivity contribution in [3.05, 3.63) is 64.4 Å². The van der Waals surface area contributed by atoms with Gasteiger partial charge in [-0.1, -0.05) is 46.3 Å². The van der Waals surface area contributed by atoms with E-state index < -0.39 is 5.82 Å². The van der Waals surface area contributed by atoms with E-state index in [4.69, 9.17) is 0 Å². The van der Waals surface area contributed by atoms with Crippen molar-refractivity contribution in [1.29, 1.82) is 0 Å². The number of nitrogens with zero attached hydrogens (tertiary/aromatic N) is 1. The van der Waals surface area contributed by atoms with Crippen LogP contribution in [0.25, 0.3) is 0 Å². The fourth-order valence-corrected chi connectivity index (χ4v) is 2.14. The number of amides is 2. The number of urea groups is 1. The molecule has 0 unspecified atom stereocenters. The zero-order chi connectivity index (χ0) is 14.5. The summed E-state index contributed by atoms with van der Waals surface area (Å²) in [5.74, 6) is -0.449. The van der Waals surface area contributed by atoms with Gasteiger partial charge in [-0.15, -0.1) is 0 Å². The summed E-state index contributed by atoms with van der Waals surface area (Å²) in [5, 5.41) is 2.55. The van der Waals surface area contributed by atoms with E-state index in [9.17, 15) is 9.18 Å². The number of nitrogens with one attached hydrogen (secondary N) is 1. The molecule has 2 aromatic rings. The molecule has 0 aliphatic carbocycles. The van der Waals surface area contributed by atoms with Crippen molar-refractivity contribution in [3.63, 3.8) is 0 Å². The number of carbonyl (C=O) groups is 1. The third kappa shape index (κ3) is 3.57. The first-order chi connectivity index (χ1) is 9.58. The Bertz CT molecular complexity index is 618. The molecule has 0 heterocycles. The van der Waals surface area contributed by atoms with E-state index >= 15 is 0 Å². The summed E-state index contributed by atoms with van der Waals surface area (Å²) in [6, 6.07) is 13.4. The number of anilines is 1. The maximum Gasteiger partial charge on any atom is 0.321 e. The molecule has 0 saturated heterocycles. The second-order valence-electron chi connectivity index (χ2n) is 4.36. The fraction of sp³-hybridized carbons (Fsp3) is 0.133. The molecule has 0 bridgehead atoms. The number of hydrogen-bond donors (Lipinski definition) is 1. The highest BCUT2D eigenvalue weighted by Gasteiger charge is 2.12. The zero-order valence-corrected chi connectivity index (χ0v) is 12.5. The average Bonchev–Trinajstić information content (AvgIpc) is 2.43. The van der Waals surface area contributed by atoms with Gasteiger partial charge in [0.2, 0.25) is 0 Å². The maximum atomic E-state index is 13.5. The van der Waals surface area contributed by atoms with Crippen LogP contribution >= 0.6 is 15.9 Å². The lowest BCUT2D eigenvalue weighted by molar-refractivity contribution is 0.220. The van der Waals surface area contributed by atoms with Crippen LogP contribution in [0.2, 0.25) is 0 Å². The van der Waals surface area contributed by atoms with Crippen molar-refractivity contribution in [2.45, 2.75) is 6.54 Å². The molecule has 0 aliphatic heterocycles. The molecular weight excluding hydrogens is 323 g/mol. The van der Waals surface area contributed by atoms with Crippen LogP contribution in [0.1, 0.15) is 5.56 Å². The van der Waals surface area contributed by atoms with Crippen LogP contribution < -0.4 is 5.32 Å². The van der Waals surface area contributed by atoms with E-state index in [1.165, 1.54) is 17.0 Å². The normalized spacial score (nSPS) is 10.2. The number of carbonyl (C=O) groups excluding carboxylic acids is 1. The smallest absolute Gasteiger partial charge is 0.321 e. The number of rotatable bonds is 3. The summed E-state index contributed by atoms with van der Waals surface area (Å²) < 4.78 is 14.4. The van der Waals surface area contributed by atoms with Gasteiger partial charge < -0.3 is 10.2 Å². The molecule has 20 heavy (non-hydrogen) atoms. The van der Waals surface area contributed by atoms with Crippen LogP contribution in [-0.4, -0.2) is 18.0 Å². The van der Waals surface area contributed by atoms with Gasteiger partial charge in [-0.05, 0) is 23.8 Å². The predicted molar refractivity (Wildman–Crippen MR) is 81.0 cm³/mol. The van der Waals surface area contributed by atoms with Crippen LogP contribution in [-0.2, 0) is 6.54 Å². The van der Waals surface area contributed by atoms with Crippen LogP contribution in [0.5, 0.6) is 0 Å². The van der Waals surface area contributed by atoms with Crippen LogP contribution in [0.4, 0.5) is 14.9 Å². The summed E-state index contributed by atoms with van der Waals surface area (Å²) in [6.07, 6.45) is 0. The lowest BCUT2D eigenvalue weighted by atomic mass is 10.2. The van der Waals surface area contributed by atoms with Crippen molar-refractivity contribution in [2.75, 3.05) is 12.4 Å². The molecule has 5 heteroatoms. The molecule has 104 valence electrons. The monoisotopic (exact) mass is 336 g/mol. The molecule has 1 N–H and O–H groups in total. The Kier molecular flexibility index (Phi) is 4.74. The van der Waals surface area contributed by atoms with Crippen molar-refractivity contribution in [3.8, 4) is 0 Å². The minimum absolute atomic E-state index is 0.177. The van der Waals surface area contributed by atoms with Crippen LogP contribution in [0.3, 0.4) is 0 Å². The number of para-hydroxylation sites is 1. The number of benzene rings is 2. The zero-order valence-electron chi connectivity index (χ0n) is 10.9. The quantitative estimate of drug-likeness (QED) is 0.892. The summed E-state index contributed by atoms with van der Waals surface area (Å²) >= 11 is 3.43. The largest absolute Gasteiger partial charge is 0.323 e. The van der Waals surface area contributed by atoms with Crippen molar-refractivity contribution < 1.29 is 9.18 Å². The highest BCUT2D eigenvalue weighted by Crippen LogP contribution is 2.18. The van der Waals surface area contributed by atoms with E-state index in [2.05, 4.69) is 21.2 Å². The van der Waals surface area contributed by atoms with Gasteiger partial charge >= 0.3 is 6.03 Å². The predicted octanol–water partition coefficient (Wildman–Crippen LogP) is 4.25. The molecule has 3 nitrogen and oxygen atoms in total. The molecule has 0 fully saturated rings. The molecule has 0 aliphatic rings. The maximum absolute atomic E-state index is 13.5. The van der Waals surface area contributed by atoms with E-state index in [0.717, 1.165) is 10.0 Å². The minimum Gasteiger partial charge on any atom is -0.323 e. The Hall–Kier alpha value is -1.88. The fourth-order valence-electron chi connectivity index (χ4n) is 1.73. The van der Waals surface area contributed by atoms with Gasteiger partial charge in [-0.3, -0.25) is 0 Å². The second kappa shape index (κ2) is 6.52. The van der Waals surface area contributed by atoms with E-state index in [1.54, 1.807) is 19.2 Å². The lowest BCUT2D eigenvalue weighted by Gasteiger charge is -2.19. The van der Waals surface area contributed by atoms with E-state index in [1.807, 2.05) is 24.3 Å². The lowest BCUT2D eigenvalue weighted by Crippen LogP contribution is -2.31. The van der Waals surface area contributed by atoms with Crippen molar-refractivity contribution >= 4 is 27.6 Å². The number of halogens is 2. The first-order valence-corrected chi connectivity index (χ1v) is 6.87. The van der Waals surface area contributed by atoms with Crippen molar-refractivity contribution in [2.24, 2.45) is 0 Å². The Morgan fingerprint density at radius 2 is 1.85 bits per heavy atom. The summed E-state index contributed by atoms with van der Waals surface area (Å²) in [4.78, 5) is 13.5. The van der Waals surface area contributed by atoms with Crippen molar-refractivity contribution in [1.82, 2.24) is 4.90 Å². The SMILES string of the molecule is CN(Cc1ccccc1Br)C(=O)Nc1ccccc1F. The van der Waals surface area contributed by atoms with E-state index in [-0.39, 0.29) is 11.7 Å². The molecule has 0 atom stereocenters. The highest BCUT2D eigenvalue weighted by molar-refractivity contribution is 9.10. The first-order valence-electron chi connectivity index (χ1n) is 6.08. The van der Waals surface area contributed by atoms with Gasteiger partial charge in [0, 0.05) is 18.1 Å². The van der Waals surface area contributed by atoms with Gasteiger partial charge in [0.25, 0.3) is 0 Å². The molecule has 0 spiro atoms. The molecule has 0 saturated carbocycles. The average molecular weight is 337 g/mol. The van der Waals surface area contributed by atoms with Crippen LogP contribution in [0, 0.1) is 5.82 Å². The number of hydrogen-bond acceptors (Lipinski definition) is 1. The summed E-state index contributed by atoms with van der Waals surface area (Å²) in [5.41, 5.74) is 1.16. The van der Waals surface area contributed by atoms with Gasteiger partial charge in [0.15, 0.2) is 0 Å². The summed E-state index contributed by atoms with van der Waals surface area (Å²) in [6.45, 7) is 0.432. The molecule has 2 amide bonds. The Morgan fingerprint density at radius 1 is 1.20 bits per heavy atom. The topological polar surface area (TPSA) is 32.3 Å². The highest BCUT2D eigenvalue weighted by atomic mass is 79.9. The van der Waals surface area contributed by atoms with E-state index in [0.29, 0.717) is 6.54 Å². The molecule has 2 aromatic carbocycles. The first kappa shape index (κ1) is 14.5. The molecular formula is C15H14BrFN2O. The van der Waals surface area contributed by atoms with Crippen LogP contribution in [0.15, 0.2) is 53.0 Å². The minimum atomic E-state index is -0.449. The third-order valence-electron chi connectivity index (χ3n) is 2.83. The van der Waals surface area contributed by atoms with Gasteiger partial charge in [0.1, 0.15) is 5.82 Å². The molecule has 2 rings (SSSR count). The third-order valence-corrected chi connectivity index (χ3v) is 3.60. The second-order valence-corrected chi connectivity index (χ2v) is 5.21. The summed E-state index contributed by atoms with van der Waals surface area (Å²) in [7, 11) is 1.66. The standard InChI is InChI=1S/C15H14BrFN2O/c1-19(10-11-6-2-3-7-12(11)16)15(20)18-14-9-5-4-8-13(14)17/h2-9H,10H2,1H3,(H,18,20). The Labute approximate surface area is 125 Å². The van der Waals surface area contributed by atoms with Gasteiger partial charge in [-0.25, -0.2) is 9.18 Å². The molecule has 0 aromatic heterocycles. The van der Waals surface area contributed by atoms with Gasteiger partial charge in [0.05, 0.1) is 5.69 Å². The Balaban J connectivity index is 2.03.